The normalized spacial score (nSPS) is 10.6. The number of hydrogen-bond acceptors (Lipinski definition) is 5. The Bertz CT molecular complexity index is 1030. The van der Waals surface area contributed by atoms with E-state index in [1.54, 1.807) is 36.4 Å². The van der Waals surface area contributed by atoms with Crippen LogP contribution in [0.1, 0.15) is 5.56 Å². The lowest BCUT2D eigenvalue weighted by Gasteiger charge is -2.13. The van der Waals surface area contributed by atoms with Crippen LogP contribution in [-0.4, -0.2) is 19.6 Å². The molecule has 0 bridgehead atoms. The molecule has 0 fully saturated rings. The minimum absolute atomic E-state index is 0.215. The lowest BCUT2D eigenvalue weighted by molar-refractivity contribution is -0.118. The lowest BCUT2D eigenvalue weighted by Crippen LogP contribution is -2.20. The van der Waals surface area contributed by atoms with Gasteiger partial charge in [-0.2, -0.15) is 0 Å². The Labute approximate surface area is 154 Å². The van der Waals surface area contributed by atoms with E-state index in [1.165, 1.54) is 13.2 Å². The molecule has 0 saturated heterocycles. The molecule has 1 N–H and O–H groups in total. The highest BCUT2D eigenvalue weighted by atomic mass is 35.5. The number of methoxy groups -OCH3 is 1. The summed E-state index contributed by atoms with van der Waals surface area (Å²) in [5, 5.41) is 4.04. The maximum atomic E-state index is 12.2. The van der Waals surface area contributed by atoms with Crippen molar-refractivity contribution >= 4 is 34.2 Å². The summed E-state index contributed by atoms with van der Waals surface area (Å²) in [5.74, 6) is 0.516. The van der Waals surface area contributed by atoms with Crippen LogP contribution in [0.3, 0.4) is 0 Å². The van der Waals surface area contributed by atoms with E-state index in [4.69, 9.17) is 25.5 Å². The van der Waals surface area contributed by atoms with Gasteiger partial charge in [-0.15, -0.1) is 0 Å². The molecule has 0 aliphatic heterocycles. The van der Waals surface area contributed by atoms with E-state index >= 15 is 0 Å². The number of amides is 1. The number of rotatable bonds is 5. The number of halogens is 1. The fraction of sp³-hybridized carbons (Fsp3) is 0.158. The molecule has 7 heteroatoms. The van der Waals surface area contributed by atoms with Crippen molar-refractivity contribution in [2.75, 3.05) is 19.0 Å². The van der Waals surface area contributed by atoms with Crippen molar-refractivity contribution in [3.63, 3.8) is 0 Å². The number of benzene rings is 2. The number of aryl methyl sites for hydroxylation is 1. The van der Waals surface area contributed by atoms with Gasteiger partial charge in [0.25, 0.3) is 5.91 Å². The standard InChI is InChI=1S/C19H16ClNO5/c1-11-7-15(17(24-2)9-14(11)20)21-18(22)10-25-13-5-3-12-4-6-19(23)26-16(12)8-13/h3-9H,10H2,1-2H3,(H,21,22). The molecule has 1 heterocycles. The summed E-state index contributed by atoms with van der Waals surface area (Å²) in [6.45, 7) is 1.62. The maximum Gasteiger partial charge on any atom is 0.336 e. The Morgan fingerprint density at radius 3 is 2.73 bits per heavy atom. The van der Waals surface area contributed by atoms with Crippen LogP contribution in [0.15, 0.2) is 51.7 Å². The van der Waals surface area contributed by atoms with Gasteiger partial charge < -0.3 is 19.2 Å². The molecule has 0 saturated carbocycles. The van der Waals surface area contributed by atoms with Crippen LogP contribution in [0.5, 0.6) is 11.5 Å². The van der Waals surface area contributed by atoms with Crippen LogP contribution in [-0.2, 0) is 4.79 Å². The molecule has 1 amide bonds. The molecular formula is C19H16ClNO5. The highest BCUT2D eigenvalue weighted by Crippen LogP contribution is 2.31. The zero-order valence-electron chi connectivity index (χ0n) is 14.2. The minimum Gasteiger partial charge on any atom is -0.495 e. The van der Waals surface area contributed by atoms with Gasteiger partial charge in [-0.1, -0.05) is 11.6 Å². The van der Waals surface area contributed by atoms with Crippen LogP contribution in [0.2, 0.25) is 5.02 Å². The fourth-order valence-corrected chi connectivity index (χ4v) is 2.55. The fourth-order valence-electron chi connectivity index (χ4n) is 2.40. The molecule has 0 atom stereocenters. The molecule has 134 valence electrons. The van der Waals surface area contributed by atoms with Crippen LogP contribution in [0.4, 0.5) is 5.69 Å². The first-order valence-corrected chi connectivity index (χ1v) is 8.15. The van der Waals surface area contributed by atoms with E-state index in [9.17, 15) is 9.59 Å². The van der Waals surface area contributed by atoms with Gasteiger partial charge in [0.2, 0.25) is 0 Å². The van der Waals surface area contributed by atoms with E-state index in [-0.39, 0.29) is 12.5 Å². The number of carbonyl (C=O) groups is 1. The van der Waals surface area contributed by atoms with Crippen LogP contribution in [0.25, 0.3) is 11.0 Å². The third-order valence-corrected chi connectivity index (χ3v) is 4.13. The van der Waals surface area contributed by atoms with E-state index in [2.05, 4.69) is 5.32 Å². The van der Waals surface area contributed by atoms with E-state index in [1.807, 2.05) is 6.92 Å². The molecular weight excluding hydrogens is 358 g/mol. The van der Waals surface area contributed by atoms with Crippen molar-refractivity contribution in [3.8, 4) is 11.5 Å². The van der Waals surface area contributed by atoms with Gasteiger partial charge in [0, 0.05) is 28.6 Å². The van der Waals surface area contributed by atoms with Gasteiger partial charge in [0.1, 0.15) is 17.1 Å². The number of carbonyl (C=O) groups excluding carboxylic acids is 1. The first-order chi connectivity index (χ1) is 12.5. The quantitative estimate of drug-likeness (QED) is 0.688. The number of nitrogens with one attached hydrogen (secondary N) is 1. The first-order valence-electron chi connectivity index (χ1n) is 7.77. The highest BCUT2D eigenvalue weighted by Gasteiger charge is 2.11. The van der Waals surface area contributed by atoms with E-state index in [0.717, 1.165) is 10.9 Å². The summed E-state index contributed by atoms with van der Waals surface area (Å²) in [6, 6.07) is 11.4. The van der Waals surface area contributed by atoms with Crippen LogP contribution >= 0.6 is 11.6 Å². The van der Waals surface area contributed by atoms with E-state index in [0.29, 0.717) is 27.8 Å². The van der Waals surface area contributed by atoms with Gasteiger partial charge in [-0.25, -0.2) is 4.79 Å². The van der Waals surface area contributed by atoms with Crippen molar-refractivity contribution in [2.24, 2.45) is 0 Å². The summed E-state index contributed by atoms with van der Waals surface area (Å²) in [7, 11) is 1.50. The molecule has 0 spiro atoms. The van der Waals surface area contributed by atoms with Crippen molar-refractivity contribution in [3.05, 3.63) is 63.5 Å². The SMILES string of the molecule is COc1cc(Cl)c(C)cc1NC(=O)COc1ccc2ccc(=O)oc2c1. The summed E-state index contributed by atoms with van der Waals surface area (Å²) in [6.07, 6.45) is 0. The third-order valence-electron chi connectivity index (χ3n) is 3.72. The van der Waals surface area contributed by atoms with Crippen LogP contribution in [0, 0.1) is 6.92 Å². The Kier molecular flexibility index (Phi) is 5.14. The summed E-state index contributed by atoms with van der Waals surface area (Å²) >= 11 is 6.05. The zero-order chi connectivity index (χ0) is 18.7. The van der Waals surface area contributed by atoms with Gasteiger partial charge >= 0.3 is 5.63 Å². The minimum atomic E-state index is -0.447. The second kappa shape index (κ2) is 7.49. The van der Waals surface area contributed by atoms with Crippen LogP contribution < -0.4 is 20.4 Å². The monoisotopic (exact) mass is 373 g/mol. The van der Waals surface area contributed by atoms with Crippen molar-refractivity contribution in [2.45, 2.75) is 6.92 Å². The Morgan fingerprint density at radius 1 is 1.19 bits per heavy atom. The second-order valence-electron chi connectivity index (χ2n) is 5.59. The molecule has 0 aliphatic carbocycles. The van der Waals surface area contributed by atoms with Crippen molar-refractivity contribution in [1.82, 2.24) is 0 Å². The molecule has 6 nitrogen and oxygen atoms in total. The predicted molar refractivity (Wildman–Crippen MR) is 99.3 cm³/mol. The number of fused-ring (bicyclic) bond motifs is 1. The van der Waals surface area contributed by atoms with Gasteiger partial charge in [-0.05, 0) is 36.8 Å². The summed E-state index contributed by atoms with van der Waals surface area (Å²) < 4.78 is 15.8. The van der Waals surface area contributed by atoms with Crippen molar-refractivity contribution in [1.29, 1.82) is 0 Å². The van der Waals surface area contributed by atoms with Crippen molar-refractivity contribution < 1.29 is 18.7 Å². The summed E-state index contributed by atoms with van der Waals surface area (Å²) in [5.41, 5.74) is 1.27. The Hall–Kier alpha value is -2.99. The van der Waals surface area contributed by atoms with Gasteiger partial charge in [-0.3, -0.25) is 4.79 Å². The third kappa shape index (κ3) is 3.97. The average Bonchev–Trinajstić information content (AvgIpc) is 2.62. The zero-order valence-corrected chi connectivity index (χ0v) is 14.9. The first kappa shape index (κ1) is 17.8. The summed E-state index contributed by atoms with van der Waals surface area (Å²) in [4.78, 5) is 23.5. The maximum absolute atomic E-state index is 12.2. The topological polar surface area (TPSA) is 77.8 Å². The molecule has 1 aromatic heterocycles. The number of hydrogen-bond donors (Lipinski definition) is 1. The molecule has 3 aromatic rings. The second-order valence-corrected chi connectivity index (χ2v) is 6.00. The molecule has 26 heavy (non-hydrogen) atoms. The largest absolute Gasteiger partial charge is 0.495 e. The highest BCUT2D eigenvalue weighted by molar-refractivity contribution is 6.31. The number of ether oxygens (including phenoxy) is 2. The molecule has 2 aromatic carbocycles. The Balaban J connectivity index is 1.69. The number of anilines is 1. The van der Waals surface area contributed by atoms with Gasteiger partial charge in [0.15, 0.2) is 6.61 Å². The van der Waals surface area contributed by atoms with E-state index < -0.39 is 5.63 Å². The average molecular weight is 374 g/mol. The van der Waals surface area contributed by atoms with Gasteiger partial charge in [0.05, 0.1) is 12.8 Å². The smallest absolute Gasteiger partial charge is 0.336 e. The molecule has 3 rings (SSSR count). The molecule has 0 radical (unpaired) electrons. The predicted octanol–water partition coefficient (Wildman–Crippen LogP) is 3.78. The Morgan fingerprint density at radius 2 is 1.96 bits per heavy atom. The molecule has 0 unspecified atom stereocenters. The molecule has 0 aliphatic rings. The lowest BCUT2D eigenvalue weighted by atomic mass is 10.2.